The highest BCUT2D eigenvalue weighted by Gasteiger charge is 2.29. The third-order valence-corrected chi connectivity index (χ3v) is 4.62. The van der Waals surface area contributed by atoms with Crippen LogP contribution in [0.5, 0.6) is 0 Å². The quantitative estimate of drug-likeness (QED) is 0.884. The molecule has 0 unspecified atom stereocenters. The monoisotopic (exact) mass is 367 g/mol. The number of anilines is 1. The molecule has 5 heterocycles. The summed E-state index contributed by atoms with van der Waals surface area (Å²) in [6.45, 7) is 5.31. The van der Waals surface area contributed by atoms with Gasteiger partial charge >= 0.3 is 0 Å². The van der Waals surface area contributed by atoms with Gasteiger partial charge in [0.2, 0.25) is 0 Å². The van der Waals surface area contributed by atoms with E-state index in [-0.39, 0.29) is 24.8 Å². The van der Waals surface area contributed by atoms with Crippen molar-refractivity contribution in [1.82, 2.24) is 20.3 Å². The highest BCUT2D eigenvalue weighted by Crippen LogP contribution is 2.26. The molecule has 0 radical (unpaired) electrons. The number of halogens is 2. The Labute approximate surface area is 155 Å². The van der Waals surface area contributed by atoms with E-state index < -0.39 is 0 Å². The fourth-order valence-corrected chi connectivity index (χ4v) is 3.46. The minimum absolute atomic E-state index is 0. The topological polar surface area (TPSA) is 53.9 Å². The lowest BCUT2D eigenvalue weighted by Crippen LogP contribution is -2.39. The molecule has 0 aliphatic carbocycles. The summed E-state index contributed by atoms with van der Waals surface area (Å²) in [4.78, 5) is 16.0. The summed E-state index contributed by atoms with van der Waals surface area (Å²) in [7, 11) is 0. The molecule has 0 saturated carbocycles. The van der Waals surface area contributed by atoms with Gasteiger partial charge in [0.1, 0.15) is 5.82 Å². The molecule has 130 valence electrons. The van der Waals surface area contributed by atoms with Crippen LogP contribution in [0.15, 0.2) is 30.6 Å². The predicted octanol–water partition coefficient (Wildman–Crippen LogP) is 2.88. The third-order valence-electron chi connectivity index (χ3n) is 4.62. The van der Waals surface area contributed by atoms with Crippen LogP contribution in [0.2, 0.25) is 0 Å². The zero-order chi connectivity index (χ0) is 14.9. The predicted molar refractivity (Wildman–Crippen MR) is 101 cm³/mol. The SMILES string of the molecule is Cc1cc(N2C[C@H]3CC[C@@H](C2)NC3)nc(-c2cccnc2)n1.Cl.Cl. The molecule has 3 fully saturated rings. The van der Waals surface area contributed by atoms with Crippen molar-refractivity contribution >= 4 is 30.6 Å². The first-order valence-electron chi connectivity index (χ1n) is 8.02. The van der Waals surface area contributed by atoms with Crippen molar-refractivity contribution in [2.24, 2.45) is 5.92 Å². The van der Waals surface area contributed by atoms with Crippen molar-refractivity contribution in [2.45, 2.75) is 25.8 Å². The molecule has 2 aromatic heterocycles. The molecule has 2 bridgehead atoms. The molecule has 2 aromatic rings. The van der Waals surface area contributed by atoms with Gasteiger partial charge in [-0.15, -0.1) is 24.8 Å². The van der Waals surface area contributed by atoms with E-state index in [0.29, 0.717) is 6.04 Å². The second-order valence-corrected chi connectivity index (χ2v) is 6.39. The number of nitrogens with zero attached hydrogens (tertiary/aromatic N) is 4. The fraction of sp³-hybridized carbons (Fsp3) is 0.471. The first-order valence-corrected chi connectivity index (χ1v) is 8.02. The van der Waals surface area contributed by atoms with Gasteiger partial charge in [0.25, 0.3) is 0 Å². The number of piperidine rings is 1. The molecule has 2 atom stereocenters. The maximum Gasteiger partial charge on any atom is 0.163 e. The lowest BCUT2D eigenvalue weighted by Gasteiger charge is -2.24. The standard InChI is InChI=1S/C17H21N5.2ClH/c1-12-7-16(21-17(20-12)14-3-2-6-18-9-14)22-10-13-4-5-15(11-22)19-8-13;;/h2-3,6-7,9,13,15,19H,4-5,8,10-11H2,1H3;2*1H/t13-,15-;;/m0../s1. The van der Waals surface area contributed by atoms with E-state index in [1.165, 1.54) is 12.8 Å². The number of hydrogen-bond donors (Lipinski definition) is 1. The Morgan fingerprint density at radius 2 is 2.04 bits per heavy atom. The Morgan fingerprint density at radius 1 is 1.17 bits per heavy atom. The van der Waals surface area contributed by atoms with Crippen molar-refractivity contribution in [1.29, 1.82) is 0 Å². The molecule has 7 heteroatoms. The summed E-state index contributed by atoms with van der Waals surface area (Å²) in [6.07, 6.45) is 6.21. The van der Waals surface area contributed by atoms with Crippen molar-refractivity contribution < 1.29 is 0 Å². The fourth-order valence-electron chi connectivity index (χ4n) is 3.46. The Hall–Kier alpha value is -1.43. The molecular weight excluding hydrogens is 345 g/mol. The summed E-state index contributed by atoms with van der Waals surface area (Å²) in [5, 5.41) is 3.65. The summed E-state index contributed by atoms with van der Waals surface area (Å²) in [5.74, 6) is 2.55. The molecular formula is C17H23Cl2N5. The summed E-state index contributed by atoms with van der Waals surface area (Å²) < 4.78 is 0. The first-order chi connectivity index (χ1) is 10.8. The Balaban J connectivity index is 0.00000104. The van der Waals surface area contributed by atoms with E-state index in [1.807, 2.05) is 25.3 Å². The Kier molecular flexibility index (Phi) is 6.38. The maximum absolute atomic E-state index is 4.81. The lowest BCUT2D eigenvalue weighted by atomic mass is 9.97. The molecule has 0 amide bonds. The smallest absolute Gasteiger partial charge is 0.163 e. The van der Waals surface area contributed by atoms with E-state index in [0.717, 1.165) is 48.5 Å². The normalized spacial score (nSPS) is 22.3. The molecule has 24 heavy (non-hydrogen) atoms. The average Bonchev–Trinajstić information content (AvgIpc) is 2.89. The van der Waals surface area contributed by atoms with Crippen LogP contribution in [0.4, 0.5) is 5.82 Å². The van der Waals surface area contributed by atoms with Crippen molar-refractivity contribution in [3.05, 3.63) is 36.3 Å². The van der Waals surface area contributed by atoms with Gasteiger partial charge < -0.3 is 10.2 Å². The van der Waals surface area contributed by atoms with Crippen LogP contribution in [0.25, 0.3) is 11.4 Å². The van der Waals surface area contributed by atoms with Gasteiger partial charge in [-0.05, 0) is 44.4 Å². The van der Waals surface area contributed by atoms with Crippen molar-refractivity contribution in [3.63, 3.8) is 0 Å². The van der Waals surface area contributed by atoms with Crippen LogP contribution < -0.4 is 10.2 Å². The van der Waals surface area contributed by atoms with Gasteiger partial charge in [0, 0.05) is 48.8 Å². The van der Waals surface area contributed by atoms with Gasteiger partial charge in [0.15, 0.2) is 5.82 Å². The van der Waals surface area contributed by atoms with Crippen LogP contribution in [0.1, 0.15) is 18.5 Å². The minimum Gasteiger partial charge on any atom is -0.355 e. The van der Waals surface area contributed by atoms with Gasteiger partial charge in [-0.25, -0.2) is 9.97 Å². The first kappa shape index (κ1) is 18.9. The number of nitrogens with one attached hydrogen (secondary N) is 1. The number of fused-ring (bicyclic) bond motifs is 4. The van der Waals surface area contributed by atoms with Crippen LogP contribution in [-0.4, -0.2) is 40.6 Å². The van der Waals surface area contributed by atoms with Gasteiger partial charge in [-0.1, -0.05) is 0 Å². The zero-order valence-corrected chi connectivity index (χ0v) is 15.3. The number of aromatic nitrogens is 3. The number of aryl methyl sites for hydroxylation is 1. The number of rotatable bonds is 2. The highest BCUT2D eigenvalue weighted by atomic mass is 35.5. The highest BCUT2D eigenvalue weighted by molar-refractivity contribution is 5.85. The average molecular weight is 368 g/mol. The third kappa shape index (κ3) is 3.97. The largest absolute Gasteiger partial charge is 0.355 e. The van der Waals surface area contributed by atoms with Crippen molar-refractivity contribution in [3.8, 4) is 11.4 Å². The van der Waals surface area contributed by atoms with Crippen LogP contribution in [0, 0.1) is 12.8 Å². The molecule has 0 spiro atoms. The van der Waals surface area contributed by atoms with Crippen molar-refractivity contribution in [2.75, 3.05) is 24.5 Å². The van der Waals surface area contributed by atoms with Gasteiger partial charge in [-0.3, -0.25) is 4.98 Å². The summed E-state index contributed by atoms with van der Waals surface area (Å²) >= 11 is 0. The molecule has 5 nitrogen and oxygen atoms in total. The van der Waals surface area contributed by atoms with Crippen LogP contribution in [-0.2, 0) is 0 Å². The molecule has 3 aliphatic rings. The van der Waals surface area contributed by atoms with Crippen LogP contribution in [0.3, 0.4) is 0 Å². The Morgan fingerprint density at radius 3 is 2.75 bits per heavy atom. The van der Waals surface area contributed by atoms with E-state index in [1.54, 1.807) is 6.20 Å². The van der Waals surface area contributed by atoms with E-state index in [4.69, 9.17) is 4.98 Å². The molecule has 3 aliphatic heterocycles. The number of pyridine rings is 1. The molecule has 3 saturated heterocycles. The molecule has 5 rings (SSSR count). The summed E-state index contributed by atoms with van der Waals surface area (Å²) in [6, 6.07) is 6.64. The van der Waals surface area contributed by atoms with E-state index in [2.05, 4.69) is 26.3 Å². The maximum atomic E-state index is 4.81. The van der Waals surface area contributed by atoms with Gasteiger partial charge in [0.05, 0.1) is 0 Å². The number of hydrogen-bond acceptors (Lipinski definition) is 5. The lowest BCUT2D eigenvalue weighted by molar-refractivity contribution is 0.360. The molecule has 1 N–H and O–H groups in total. The summed E-state index contributed by atoms with van der Waals surface area (Å²) in [5.41, 5.74) is 1.98. The second kappa shape index (κ2) is 8.10. The Bertz CT molecular complexity index is 645. The second-order valence-electron chi connectivity index (χ2n) is 6.39. The van der Waals surface area contributed by atoms with E-state index in [9.17, 15) is 0 Å². The van der Waals surface area contributed by atoms with E-state index >= 15 is 0 Å². The molecule has 0 aromatic carbocycles. The zero-order valence-electron chi connectivity index (χ0n) is 13.7. The van der Waals surface area contributed by atoms with Crippen LogP contribution >= 0.6 is 24.8 Å². The van der Waals surface area contributed by atoms with Gasteiger partial charge in [-0.2, -0.15) is 0 Å². The minimum atomic E-state index is 0.